The molecular formula is C15H14BrN. The van der Waals surface area contributed by atoms with Gasteiger partial charge in [-0.2, -0.15) is 0 Å². The topological polar surface area (TPSA) is 3.24 Å². The fourth-order valence-electron chi connectivity index (χ4n) is 2.62. The summed E-state index contributed by atoms with van der Waals surface area (Å²) in [6, 6.07) is 17.1. The van der Waals surface area contributed by atoms with Crippen LogP contribution in [0.5, 0.6) is 0 Å². The maximum Gasteiger partial charge on any atom is 0.0566 e. The summed E-state index contributed by atoms with van der Waals surface area (Å²) in [5.74, 6) is 0. The van der Waals surface area contributed by atoms with Gasteiger partial charge in [-0.05, 0) is 23.3 Å². The van der Waals surface area contributed by atoms with Crippen molar-refractivity contribution in [3.05, 3.63) is 59.7 Å². The summed E-state index contributed by atoms with van der Waals surface area (Å²) >= 11 is 3.67. The van der Waals surface area contributed by atoms with Gasteiger partial charge in [-0.15, -0.1) is 0 Å². The predicted molar refractivity (Wildman–Crippen MR) is 76.1 cm³/mol. The maximum absolute atomic E-state index is 3.67. The van der Waals surface area contributed by atoms with Gasteiger partial charge in [0.05, 0.1) is 27.5 Å². The first-order chi connectivity index (χ1) is 8.12. The largest absolute Gasteiger partial charge is 0.276 e. The number of nitrogens with zero attached hydrogens (tertiary/aromatic N) is 1. The van der Waals surface area contributed by atoms with Crippen molar-refractivity contribution in [3.63, 3.8) is 0 Å². The van der Waals surface area contributed by atoms with Crippen LogP contribution in [0.1, 0.15) is 25.0 Å². The first-order valence-corrected chi connectivity index (χ1v) is 6.48. The summed E-state index contributed by atoms with van der Waals surface area (Å²) in [4.78, 5) is 0. The van der Waals surface area contributed by atoms with E-state index >= 15 is 0 Å². The fraction of sp³-hybridized carbons (Fsp3) is 0.200. The van der Waals surface area contributed by atoms with E-state index in [1.807, 2.05) is 0 Å². The van der Waals surface area contributed by atoms with Crippen LogP contribution in [0.4, 0.5) is 11.4 Å². The van der Waals surface area contributed by atoms with Gasteiger partial charge in [0.15, 0.2) is 0 Å². The Labute approximate surface area is 110 Å². The molecule has 0 radical (unpaired) electrons. The molecule has 0 bridgehead atoms. The van der Waals surface area contributed by atoms with Gasteiger partial charge in [-0.1, -0.05) is 50.2 Å². The van der Waals surface area contributed by atoms with Crippen molar-refractivity contribution in [3.8, 4) is 0 Å². The molecular weight excluding hydrogens is 274 g/mol. The van der Waals surface area contributed by atoms with Crippen molar-refractivity contribution < 1.29 is 0 Å². The molecule has 0 unspecified atom stereocenters. The summed E-state index contributed by atoms with van der Waals surface area (Å²) in [6.07, 6.45) is 0. The smallest absolute Gasteiger partial charge is 0.0566 e. The first kappa shape index (κ1) is 10.8. The highest BCUT2D eigenvalue weighted by atomic mass is 79.9. The SMILES string of the molecule is CC1(C)c2ccccc2N(Br)c2ccccc21. The van der Waals surface area contributed by atoms with Crippen molar-refractivity contribution >= 4 is 27.5 Å². The Hall–Kier alpha value is -1.28. The van der Waals surface area contributed by atoms with Crippen LogP contribution in [0.15, 0.2) is 48.5 Å². The van der Waals surface area contributed by atoms with E-state index in [4.69, 9.17) is 0 Å². The number of hydrogen-bond donors (Lipinski definition) is 0. The summed E-state index contributed by atoms with van der Waals surface area (Å²) in [7, 11) is 0. The Balaban J connectivity index is 2.34. The molecule has 86 valence electrons. The first-order valence-electron chi connectivity index (χ1n) is 5.77. The quantitative estimate of drug-likeness (QED) is 0.631. The van der Waals surface area contributed by atoms with Crippen LogP contribution in [0, 0.1) is 0 Å². The monoisotopic (exact) mass is 287 g/mol. The molecule has 0 atom stereocenters. The van der Waals surface area contributed by atoms with E-state index in [1.54, 1.807) is 0 Å². The molecule has 0 aromatic heterocycles. The molecule has 0 saturated carbocycles. The van der Waals surface area contributed by atoms with Gasteiger partial charge < -0.3 is 0 Å². The Morgan fingerprint density at radius 3 is 1.71 bits per heavy atom. The van der Waals surface area contributed by atoms with E-state index in [-0.39, 0.29) is 5.41 Å². The van der Waals surface area contributed by atoms with Crippen LogP contribution >= 0.6 is 16.1 Å². The molecule has 1 aliphatic heterocycles. The number of para-hydroxylation sites is 2. The zero-order valence-electron chi connectivity index (χ0n) is 9.94. The van der Waals surface area contributed by atoms with Gasteiger partial charge in [0.1, 0.15) is 0 Å². The number of rotatable bonds is 0. The maximum atomic E-state index is 3.67. The lowest BCUT2D eigenvalue weighted by molar-refractivity contribution is 0.635. The summed E-state index contributed by atoms with van der Waals surface area (Å²) < 4.78 is 2.10. The Kier molecular flexibility index (Phi) is 2.30. The molecule has 0 spiro atoms. The third-order valence-corrected chi connectivity index (χ3v) is 4.34. The molecule has 0 amide bonds. The lowest BCUT2D eigenvalue weighted by Gasteiger charge is -2.38. The molecule has 1 heterocycles. The molecule has 1 nitrogen and oxygen atoms in total. The van der Waals surface area contributed by atoms with Crippen molar-refractivity contribution in [1.29, 1.82) is 0 Å². The molecule has 17 heavy (non-hydrogen) atoms. The second-order valence-corrected chi connectivity index (χ2v) is 5.65. The van der Waals surface area contributed by atoms with Gasteiger partial charge in [0.25, 0.3) is 0 Å². The summed E-state index contributed by atoms with van der Waals surface area (Å²) in [5, 5.41) is 0. The van der Waals surface area contributed by atoms with Gasteiger partial charge in [-0.25, -0.2) is 0 Å². The highest BCUT2D eigenvalue weighted by Gasteiger charge is 2.34. The second kappa shape index (κ2) is 3.61. The molecule has 0 N–H and O–H groups in total. The third kappa shape index (κ3) is 1.44. The molecule has 2 aromatic carbocycles. The van der Waals surface area contributed by atoms with Crippen molar-refractivity contribution in [1.82, 2.24) is 0 Å². The molecule has 0 saturated heterocycles. The van der Waals surface area contributed by atoms with Crippen molar-refractivity contribution in [2.24, 2.45) is 0 Å². The zero-order valence-corrected chi connectivity index (χ0v) is 11.5. The van der Waals surface area contributed by atoms with Gasteiger partial charge >= 0.3 is 0 Å². The van der Waals surface area contributed by atoms with Crippen LogP contribution in [-0.2, 0) is 5.41 Å². The fourth-order valence-corrected chi connectivity index (χ4v) is 3.24. The lowest BCUT2D eigenvalue weighted by Crippen LogP contribution is -2.28. The average Bonchev–Trinajstić information content (AvgIpc) is 2.37. The van der Waals surface area contributed by atoms with E-state index in [0.29, 0.717) is 0 Å². The normalized spacial score (nSPS) is 16.3. The van der Waals surface area contributed by atoms with Gasteiger partial charge in [0.2, 0.25) is 0 Å². The highest BCUT2D eigenvalue weighted by molar-refractivity contribution is 9.10. The minimum Gasteiger partial charge on any atom is -0.276 e. The number of anilines is 2. The number of benzene rings is 2. The van der Waals surface area contributed by atoms with E-state index < -0.39 is 0 Å². The minimum absolute atomic E-state index is 0.0530. The molecule has 3 rings (SSSR count). The Bertz CT molecular complexity index is 525. The molecule has 0 fully saturated rings. The lowest BCUT2D eigenvalue weighted by atomic mass is 9.74. The average molecular weight is 288 g/mol. The van der Waals surface area contributed by atoms with Gasteiger partial charge in [0, 0.05) is 5.41 Å². The van der Waals surface area contributed by atoms with E-state index in [1.165, 1.54) is 22.5 Å². The standard InChI is InChI=1S/C15H14BrN/c1-15(2)11-7-3-5-9-13(11)17(16)14-10-6-4-8-12(14)15/h3-10H,1-2H3. The Morgan fingerprint density at radius 2 is 1.24 bits per heavy atom. The molecule has 0 aliphatic carbocycles. The molecule has 2 heteroatoms. The van der Waals surface area contributed by atoms with Crippen LogP contribution in [-0.4, -0.2) is 0 Å². The zero-order chi connectivity index (χ0) is 12.0. The molecule has 1 aliphatic rings. The predicted octanol–water partition coefficient (Wildman–Crippen LogP) is 4.77. The van der Waals surface area contributed by atoms with E-state index in [9.17, 15) is 0 Å². The summed E-state index contributed by atoms with van der Waals surface area (Å²) in [5.41, 5.74) is 5.23. The van der Waals surface area contributed by atoms with Crippen molar-refractivity contribution in [2.45, 2.75) is 19.3 Å². The van der Waals surface area contributed by atoms with E-state index in [2.05, 4.69) is 82.5 Å². The molecule has 2 aromatic rings. The second-order valence-electron chi connectivity index (χ2n) is 4.94. The number of fused-ring (bicyclic) bond motifs is 2. The van der Waals surface area contributed by atoms with Crippen molar-refractivity contribution in [2.75, 3.05) is 3.93 Å². The third-order valence-electron chi connectivity index (χ3n) is 3.58. The highest BCUT2D eigenvalue weighted by Crippen LogP contribution is 2.49. The minimum atomic E-state index is 0.0530. The Morgan fingerprint density at radius 1 is 0.824 bits per heavy atom. The van der Waals surface area contributed by atoms with Crippen LogP contribution < -0.4 is 3.93 Å². The van der Waals surface area contributed by atoms with Crippen LogP contribution in [0.2, 0.25) is 0 Å². The number of halogens is 1. The van der Waals surface area contributed by atoms with E-state index in [0.717, 1.165) is 0 Å². The van der Waals surface area contributed by atoms with Crippen LogP contribution in [0.25, 0.3) is 0 Å². The number of hydrogen-bond acceptors (Lipinski definition) is 1. The summed E-state index contributed by atoms with van der Waals surface area (Å²) in [6.45, 7) is 4.56. The van der Waals surface area contributed by atoms with Gasteiger partial charge in [-0.3, -0.25) is 3.93 Å². The van der Waals surface area contributed by atoms with Crippen LogP contribution in [0.3, 0.4) is 0 Å².